The fourth-order valence-corrected chi connectivity index (χ4v) is 10.3. The fourth-order valence-electron chi connectivity index (χ4n) is 10.3. The van der Waals surface area contributed by atoms with E-state index in [4.69, 9.17) is 0 Å². The molecule has 5 saturated carbocycles. The first-order valence-electron chi connectivity index (χ1n) is 13.3. The number of Topliss-reactive ketones (excluding diaryl/α,β-unsaturated/α-hetero) is 1. The number of rotatable bonds is 5. The molecule has 5 aliphatic rings. The van der Waals surface area contributed by atoms with E-state index in [-0.39, 0.29) is 5.60 Å². The molecule has 30 heavy (non-hydrogen) atoms. The van der Waals surface area contributed by atoms with Gasteiger partial charge in [0.1, 0.15) is 5.78 Å². The fraction of sp³-hybridized carbons (Fsp3) is 0.964. The molecule has 0 unspecified atom stereocenters. The summed E-state index contributed by atoms with van der Waals surface area (Å²) in [6.07, 6.45) is 13.2. The molecular formula is C28H46O2. The van der Waals surface area contributed by atoms with Gasteiger partial charge in [0.05, 0.1) is 5.60 Å². The molecule has 5 fully saturated rings. The van der Waals surface area contributed by atoms with Crippen LogP contribution < -0.4 is 0 Å². The highest BCUT2D eigenvalue weighted by Gasteiger charge is 2.71. The van der Waals surface area contributed by atoms with Crippen LogP contribution in [0.3, 0.4) is 0 Å². The molecule has 170 valence electrons. The van der Waals surface area contributed by atoms with Gasteiger partial charge in [0.15, 0.2) is 0 Å². The number of ketones is 1. The summed E-state index contributed by atoms with van der Waals surface area (Å²) in [5.41, 5.74) is 0.605. The molecule has 0 aliphatic heterocycles. The summed E-state index contributed by atoms with van der Waals surface area (Å²) in [4.78, 5) is 11.6. The van der Waals surface area contributed by atoms with Crippen LogP contribution in [0.25, 0.3) is 0 Å². The van der Waals surface area contributed by atoms with Crippen LogP contribution in [0.5, 0.6) is 0 Å². The van der Waals surface area contributed by atoms with Crippen LogP contribution in [0, 0.1) is 58.2 Å². The summed E-state index contributed by atoms with van der Waals surface area (Å²) < 4.78 is 0. The van der Waals surface area contributed by atoms with E-state index >= 15 is 0 Å². The molecule has 0 amide bonds. The van der Waals surface area contributed by atoms with Crippen molar-refractivity contribution < 1.29 is 9.90 Å². The van der Waals surface area contributed by atoms with Gasteiger partial charge in [0.2, 0.25) is 0 Å². The Morgan fingerprint density at radius 1 is 1.03 bits per heavy atom. The predicted molar refractivity (Wildman–Crippen MR) is 122 cm³/mol. The number of hydrogen-bond donors (Lipinski definition) is 1. The van der Waals surface area contributed by atoms with Crippen molar-refractivity contribution in [2.75, 3.05) is 0 Å². The lowest BCUT2D eigenvalue weighted by Gasteiger charge is -2.63. The molecule has 5 rings (SSSR count). The van der Waals surface area contributed by atoms with E-state index in [1.807, 2.05) is 0 Å². The van der Waals surface area contributed by atoms with Crippen LogP contribution in [0.1, 0.15) is 105 Å². The molecule has 0 spiro atoms. The van der Waals surface area contributed by atoms with Gasteiger partial charge in [-0.05, 0) is 129 Å². The minimum atomic E-state index is -0.383. The Balaban J connectivity index is 1.37. The van der Waals surface area contributed by atoms with Crippen molar-refractivity contribution >= 4 is 5.78 Å². The Kier molecular flexibility index (Phi) is 5.06. The lowest BCUT2D eigenvalue weighted by Crippen LogP contribution is -2.56. The number of hydrogen-bond acceptors (Lipinski definition) is 2. The number of carbonyl (C=O) groups is 1. The third-order valence-corrected chi connectivity index (χ3v) is 11.9. The maximum Gasteiger partial charge on any atom is 0.129 e. The Hall–Kier alpha value is -0.370. The van der Waals surface area contributed by atoms with Crippen LogP contribution in [0.15, 0.2) is 0 Å². The van der Waals surface area contributed by atoms with Crippen LogP contribution in [-0.2, 0) is 4.79 Å². The van der Waals surface area contributed by atoms with Crippen molar-refractivity contribution in [1.82, 2.24) is 0 Å². The van der Waals surface area contributed by atoms with Gasteiger partial charge < -0.3 is 9.90 Å². The molecule has 0 aromatic heterocycles. The van der Waals surface area contributed by atoms with Crippen molar-refractivity contribution in [3.63, 3.8) is 0 Å². The maximum absolute atomic E-state index is 11.6. The zero-order chi connectivity index (χ0) is 21.5. The second-order valence-electron chi connectivity index (χ2n) is 13.2. The second kappa shape index (κ2) is 7.06. The van der Waals surface area contributed by atoms with Gasteiger partial charge in [0.25, 0.3) is 0 Å². The largest absolute Gasteiger partial charge is 0.390 e. The van der Waals surface area contributed by atoms with Crippen molar-refractivity contribution in [2.24, 2.45) is 58.2 Å². The summed E-state index contributed by atoms with van der Waals surface area (Å²) >= 11 is 0. The Labute approximate surface area is 185 Å². The van der Waals surface area contributed by atoms with E-state index in [1.54, 1.807) is 6.92 Å². The second-order valence-corrected chi connectivity index (χ2v) is 13.2. The molecule has 0 aromatic carbocycles. The molecule has 0 heterocycles. The van der Waals surface area contributed by atoms with Crippen LogP contribution in [0.2, 0.25) is 0 Å². The molecule has 2 nitrogen and oxygen atoms in total. The zero-order valence-electron chi connectivity index (χ0n) is 20.3. The number of fused-ring (bicyclic) bond motifs is 7. The van der Waals surface area contributed by atoms with Gasteiger partial charge in [-0.2, -0.15) is 0 Å². The molecule has 0 radical (unpaired) electrons. The van der Waals surface area contributed by atoms with Gasteiger partial charge >= 0.3 is 0 Å². The average molecular weight is 415 g/mol. The molecule has 5 aliphatic carbocycles. The smallest absolute Gasteiger partial charge is 0.129 e. The number of carbonyl (C=O) groups excluding carboxylic acids is 1. The van der Waals surface area contributed by atoms with Crippen LogP contribution in [0.4, 0.5) is 0 Å². The monoisotopic (exact) mass is 414 g/mol. The summed E-state index contributed by atoms with van der Waals surface area (Å²) in [5, 5.41) is 11.0. The summed E-state index contributed by atoms with van der Waals surface area (Å²) in [6, 6.07) is 0. The van der Waals surface area contributed by atoms with Crippen LogP contribution >= 0.6 is 0 Å². The van der Waals surface area contributed by atoms with Gasteiger partial charge in [-0.15, -0.1) is 0 Å². The van der Waals surface area contributed by atoms with Gasteiger partial charge in [-0.3, -0.25) is 0 Å². The third-order valence-electron chi connectivity index (χ3n) is 11.9. The molecule has 0 saturated heterocycles. The normalized spacial score (nSPS) is 55.1. The standard InChI is InChI=1S/C28H46O2/c1-6-28(30)14-13-26(4)19(16-28)9-10-20-23(26)11-12-27(5)24(17(2)7-8-18(3)29)21-15-22(21)25(20)27/h17,19-25,30H,6-16H2,1-5H3/t17-,19+,20-,21+,22-,23+,24+,25-,26+,27-,28+/m1/s1. The Morgan fingerprint density at radius 3 is 2.50 bits per heavy atom. The van der Waals surface area contributed by atoms with Gasteiger partial charge in [-0.25, -0.2) is 0 Å². The first-order chi connectivity index (χ1) is 14.1. The molecule has 0 aromatic rings. The first-order valence-corrected chi connectivity index (χ1v) is 13.3. The minimum absolute atomic E-state index is 0.369. The third kappa shape index (κ3) is 3.01. The average Bonchev–Trinajstić information content (AvgIpc) is 3.40. The Morgan fingerprint density at radius 2 is 1.80 bits per heavy atom. The van der Waals surface area contributed by atoms with E-state index in [0.29, 0.717) is 22.5 Å². The minimum Gasteiger partial charge on any atom is -0.390 e. The topological polar surface area (TPSA) is 37.3 Å². The molecule has 0 bridgehead atoms. The van der Waals surface area contributed by atoms with Crippen LogP contribution in [-0.4, -0.2) is 16.5 Å². The van der Waals surface area contributed by atoms with Gasteiger partial charge in [0, 0.05) is 6.42 Å². The molecular weight excluding hydrogens is 368 g/mol. The van der Waals surface area contributed by atoms with E-state index in [1.165, 1.54) is 38.5 Å². The summed E-state index contributed by atoms with van der Waals surface area (Å²) in [5.74, 6) is 7.38. The Bertz CT molecular complexity index is 701. The quantitative estimate of drug-likeness (QED) is 0.547. The van der Waals surface area contributed by atoms with Gasteiger partial charge in [-0.1, -0.05) is 27.7 Å². The van der Waals surface area contributed by atoms with E-state index in [2.05, 4.69) is 27.7 Å². The highest BCUT2D eigenvalue weighted by Crippen LogP contribution is 2.77. The molecule has 11 atom stereocenters. The number of aliphatic hydroxyl groups is 1. The van der Waals surface area contributed by atoms with Crippen molar-refractivity contribution in [3.8, 4) is 0 Å². The van der Waals surface area contributed by atoms with E-state index < -0.39 is 0 Å². The highest BCUT2D eigenvalue weighted by molar-refractivity contribution is 5.75. The lowest BCUT2D eigenvalue weighted by molar-refractivity contribution is -0.158. The zero-order valence-corrected chi connectivity index (χ0v) is 20.3. The predicted octanol–water partition coefficient (Wildman–Crippen LogP) is 6.65. The van der Waals surface area contributed by atoms with E-state index in [0.717, 1.165) is 73.5 Å². The first kappa shape index (κ1) is 21.5. The SMILES string of the molecule is CC[C@]1(O)CC[C@@]2(C)[C@@H](CC[C@H]3[C@@H]4[C@@H]5C[C@@H]5[C@H]([C@H](C)CCC(C)=O)[C@@]4(C)CC[C@@H]32)C1. The molecule has 2 heteroatoms. The van der Waals surface area contributed by atoms with Crippen molar-refractivity contribution in [2.45, 2.75) is 111 Å². The maximum atomic E-state index is 11.6. The molecule has 1 N–H and O–H groups in total. The van der Waals surface area contributed by atoms with Crippen molar-refractivity contribution in [3.05, 3.63) is 0 Å². The lowest BCUT2D eigenvalue weighted by atomic mass is 9.43. The van der Waals surface area contributed by atoms with E-state index in [9.17, 15) is 9.90 Å². The summed E-state index contributed by atoms with van der Waals surface area (Å²) in [6.45, 7) is 11.7. The highest BCUT2D eigenvalue weighted by atomic mass is 16.3. The summed E-state index contributed by atoms with van der Waals surface area (Å²) in [7, 11) is 0. The van der Waals surface area contributed by atoms with Crippen molar-refractivity contribution in [1.29, 1.82) is 0 Å².